The Morgan fingerprint density at radius 2 is 1.87 bits per heavy atom. The maximum atomic E-state index is 12.5. The van der Waals surface area contributed by atoms with Crippen molar-refractivity contribution in [3.8, 4) is 0 Å². The number of hydrogen-bond acceptors (Lipinski definition) is 4. The van der Waals surface area contributed by atoms with Crippen LogP contribution >= 0.6 is 45.9 Å². The van der Waals surface area contributed by atoms with Gasteiger partial charge in [-0.15, -0.1) is 11.3 Å². The van der Waals surface area contributed by atoms with Gasteiger partial charge in [0.25, 0.3) is 5.91 Å². The molecule has 23 heavy (non-hydrogen) atoms. The first kappa shape index (κ1) is 14.9. The van der Waals surface area contributed by atoms with Gasteiger partial charge >= 0.3 is 0 Å². The second kappa shape index (κ2) is 5.76. The smallest absolute Gasteiger partial charge is 0.269 e. The van der Waals surface area contributed by atoms with E-state index >= 15 is 0 Å². The number of carbonyl (C=O) groups excluding carboxylic acids is 1. The van der Waals surface area contributed by atoms with E-state index in [0.717, 1.165) is 20.3 Å². The quantitative estimate of drug-likeness (QED) is 0.459. The summed E-state index contributed by atoms with van der Waals surface area (Å²) in [5.41, 5.74) is 0.803. The molecule has 1 N–H and O–H groups in total. The Morgan fingerprint density at radius 1 is 1.04 bits per heavy atom. The predicted molar refractivity (Wildman–Crippen MR) is 99.4 cm³/mol. The minimum atomic E-state index is -0.249. The molecule has 0 spiro atoms. The van der Waals surface area contributed by atoms with Crippen molar-refractivity contribution in [2.45, 2.75) is 0 Å². The van der Waals surface area contributed by atoms with Crippen molar-refractivity contribution in [1.82, 2.24) is 4.98 Å². The number of thiophene rings is 1. The van der Waals surface area contributed by atoms with Crippen molar-refractivity contribution in [2.75, 3.05) is 5.32 Å². The predicted octanol–water partition coefficient (Wildman–Crippen LogP) is 6.07. The zero-order valence-corrected chi connectivity index (χ0v) is 14.6. The third kappa shape index (κ3) is 2.70. The summed E-state index contributed by atoms with van der Waals surface area (Å²) in [6.07, 6.45) is 0. The number of hydrogen-bond donors (Lipinski definition) is 1. The zero-order chi connectivity index (χ0) is 16.0. The molecule has 114 valence electrons. The number of nitrogens with one attached hydrogen (secondary N) is 1. The Bertz CT molecular complexity index is 1050. The molecule has 4 aromatic rings. The van der Waals surface area contributed by atoms with Crippen LogP contribution in [0.4, 0.5) is 5.13 Å². The van der Waals surface area contributed by atoms with Gasteiger partial charge in [0.05, 0.1) is 15.2 Å². The van der Waals surface area contributed by atoms with Crippen LogP contribution in [0.5, 0.6) is 0 Å². The van der Waals surface area contributed by atoms with E-state index in [1.54, 1.807) is 6.07 Å². The average molecular weight is 379 g/mol. The van der Waals surface area contributed by atoms with Crippen LogP contribution in [0.15, 0.2) is 42.5 Å². The lowest BCUT2D eigenvalue weighted by Gasteiger charge is -1.98. The maximum Gasteiger partial charge on any atom is 0.269 e. The molecule has 1 amide bonds. The fourth-order valence-corrected chi connectivity index (χ4v) is 4.82. The Hall–Kier alpha value is -1.66. The molecule has 0 radical (unpaired) electrons. The summed E-state index contributed by atoms with van der Waals surface area (Å²) in [6.45, 7) is 0. The molecule has 0 saturated heterocycles. The van der Waals surface area contributed by atoms with E-state index < -0.39 is 0 Å². The summed E-state index contributed by atoms with van der Waals surface area (Å²) < 4.78 is 1.91. The third-order valence-corrected chi connectivity index (χ3v) is 6.15. The number of aromatic nitrogens is 1. The number of carbonyl (C=O) groups is 1. The van der Waals surface area contributed by atoms with Gasteiger partial charge in [-0.05, 0) is 24.3 Å². The van der Waals surface area contributed by atoms with Crippen LogP contribution in [0, 0.1) is 0 Å². The van der Waals surface area contributed by atoms with Gasteiger partial charge < -0.3 is 0 Å². The van der Waals surface area contributed by atoms with Gasteiger partial charge in [-0.1, -0.05) is 52.7 Å². The molecule has 4 rings (SSSR count). The molecular weight excluding hydrogens is 371 g/mol. The standard InChI is InChI=1S/C16H8Cl2N2OS2/c17-8-5-6-10-12(7-8)23-16(19-10)20-15(21)14-13(18)9-3-1-2-4-11(9)22-14/h1-7H,(H,19,20,21). The molecule has 0 bridgehead atoms. The topological polar surface area (TPSA) is 42.0 Å². The van der Waals surface area contributed by atoms with Gasteiger partial charge in [-0.2, -0.15) is 0 Å². The van der Waals surface area contributed by atoms with E-state index in [1.165, 1.54) is 22.7 Å². The van der Waals surface area contributed by atoms with E-state index in [-0.39, 0.29) is 5.91 Å². The lowest BCUT2D eigenvalue weighted by molar-refractivity contribution is 0.103. The Kier molecular flexibility index (Phi) is 3.73. The highest BCUT2D eigenvalue weighted by atomic mass is 35.5. The SMILES string of the molecule is O=C(Nc1nc2ccc(Cl)cc2s1)c1sc2ccccc2c1Cl. The fraction of sp³-hybridized carbons (Fsp3) is 0. The molecular formula is C16H8Cl2N2OS2. The van der Waals surface area contributed by atoms with E-state index in [2.05, 4.69) is 10.3 Å². The highest BCUT2D eigenvalue weighted by Crippen LogP contribution is 2.36. The Balaban J connectivity index is 1.69. The summed E-state index contributed by atoms with van der Waals surface area (Å²) in [5.74, 6) is -0.249. The molecule has 0 unspecified atom stereocenters. The first-order valence-corrected chi connectivity index (χ1v) is 9.05. The summed E-state index contributed by atoms with van der Waals surface area (Å²) in [6, 6.07) is 13.1. The first-order chi connectivity index (χ1) is 11.1. The molecule has 2 aromatic heterocycles. The first-order valence-electron chi connectivity index (χ1n) is 6.66. The van der Waals surface area contributed by atoms with E-state index in [0.29, 0.717) is 20.1 Å². The van der Waals surface area contributed by atoms with E-state index in [1.807, 2.05) is 36.4 Å². The summed E-state index contributed by atoms with van der Waals surface area (Å²) in [7, 11) is 0. The molecule has 0 atom stereocenters. The molecule has 0 fully saturated rings. The van der Waals surface area contributed by atoms with Crippen molar-refractivity contribution >= 4 is 77.2 Å². The van der Waals surface area contributed by atoms with Gasteiger partial charge in [-0.25, -0.2) is 4.98 Å². The van der Waals surface area contributed by atoms with Crippen LogP contribution in [0.25, 0.3) is 20.3 Å². The zero-order valence-electron chi connectivity index (χ0n) is 11.5. The summed E-state index contributed by atoms with van der Waals surface area (Å²) >= 11 is 15.1. The molecule has 2 aromatic carbocycles. The lowest BCUT2D eigenvalue weighted by atomic mass is 10.2. The molecule has 7 heteroatoms. The van der Waals surface area contributed by atoms with Crippen molar-refractivity contribution in [3.05, 3.63) is 57.4 Å². The average Bonchev–Trinajstić information content (AvgIpc) is 3.08. The van der Waals surface area contributed by atoms with Crippen molar-refractivity contribution in [1.29, 1.82) is 0 Å². The van der Waals surface area contributed by atoms with Crippen molar-refractivity contribution < 1.29 is 4.79 Å². The number of fused-ring (bicyclic) bond motifs is 2. The fourth-order valence-electron chi connectivity index (χ4n) is 2.27. The molecule has 0 saturated carbocycles. The minimum absolute atomic E-state index is 0.249. The second-order valence-electron chi connectivity index (χ2n) is 4.83. The monoisotopic (exact) mass is 378 g/mol. The molecule has 0 aliphatic heterocycles. The normalized spacial score (nSPS) is 11.2. The minimum Gasteiger partial charge on any atom is -0.297 e. The number of rotatable bonds is 2. The van der Waals surface area contributed by atoms with Gasteiger partial charge in [0.2, 0.25) is 0 Å². The number of amides is 1. The van der Waals surface area contributed by atoms with Gasteiger partial charge in [0, 0.05) is 15.1 Å². The second-order valence-corrected chi connectivity index (χ2v) is 7.72. The van der Waals surface area contributed by atoms with Crippen molar-refractivity contribution in [2.24, 2.45) is 0 Å². The van der Waals surface area contributed by atoms with Crippen LogP contribution in [0.3, 0.4) is 0 Å². The van der Waals surface area contributed by atoms with Crippen LogP contribution in [-0.4, -0.2) is 10.9 Å². The van der Waals surface area contributed by atoms with Crippen molar-refractivity contribution in [3.63, 3.8) is 0 Å². The molecule has 0 aliphatic carbocycles. The van der Waals surface area contributed by atoms with Gasteiger partial charge in [0.15, 0.2) is 5.13 Å². The highest BCUT2D eigenvalue weighted by Gasteiger charge is 2.18. The molecule has 3 nitrogen and oxygen atoms in total. The van der Waals surface area contributed by atoms with E-state index in [9.17, 15) is 4.79 Å². The lowest BCUT2D eigenvalue weighted by Crippen LogP contribution is -2.10. The van der Waals surface area contributed by atoms with E-state index in [4.69, 9.17) is 23.2 Å². The Labute approximate surface area is 149 Å². The number of halogens is 2. The highest BCUT2D eigenvalue weighted by molar-refractivity contribution is 7.23. The third-order valence-electron chi connectivity index (χ3n) is 3.31. The Morgan fingerprint density at radius 3 is 2.70 bits per heavy atom. The number of anilines is 1. The van der Waals surface area contributed by atoms with Crippen LogP contribution in [0.2, 0.25) is 10.0 Å². The van der Waals surface area contributed by atoms with Gasteiger partial charge in [-0.3, -0.25) is 10.1 Å². The molecule has 2 heterocycles. The maximum absolute atomic E-state index is 12.5. The summed E-state index contributed by atoms with van der Waals surface area (Å²) in [5, 5.41) is 5.36. The van der Waals surface area contributed by atoms with Crippen LogP contribution in [0.1, 0.15) is 9.67 Å². The largest absolute Gasteiger partial charge is 0.297 e. The van der Waals surface area contributed by atoms with Crippen LogP contribution in [-0.2, 0) is 0 Å². The number of thiazole rings is 1. The van der Waals surface area contributed by atoms with Gasteiger partial charge in [0.1, 0.15) is 4.88 Å². The number of benzene rings is 2. The molecule has 0 aliphatic rings. The summed E-state index contributed by atoms with van der Waals surface area (Å²) in [4.78, 5) is 17.4. The number of nitrogens with zero attached hydrogens (tertiary/aromatic N) is 1. The van der Waals surface area contributed by atoms with Crippen LogP contribution < -0.4 is 5.32 Å².